The number of amides is 4. The Labute approximate surface area is 476 Å². The van der Waals surface area contributed by atoms with Gasteiger partial charge < -0.3 is 37.9 Å². The van der Waals surface area contributed by atoms with E-state index in [1.165, 1.54) is 9.80 Å². The monoisotopic (exact) mass is 1100 g/mol. The number of carbonyl (C=O) groups is 4. The first-order chi connectivity index (χ1) is 39.9. The van der Waals surface area contributed by atoms with E-state index >= 15 is 19.2 Å². The van der Waals surface area contributed by atoms with Crippen LogP contribution in [0.2, 0.25) is 0 Å². The molecule has 0 fully saturated rings. The zero-order valence-corrected chi connectivity index (χ0v) is 47.6. The summed E-state index contributed by atoms with van der Waals surface area (Å²) in [6, 6.07) is 34.3. The van der Waals surface area contributed by atoms with Crippen LogP contribution in [-0.2, 0) is 0 Å². The van der Waals surface area contributed by atoms with Crippen LogP contribution in [0.1, 0.15) is 133 Å². The Kier molecular flexibility index (Phi) is 15.5. The molecule has 14 heteroatoms. The van der Waals surface area contributed by atoms with Gasteiger partial charge in [-0.1, -0.05) is 89.5 Å². The Morgan fingerprint density at radius 1 is 0.329 bits per heavy atom. The van der Waals surface area contributed by atoms with Crippen LogP contribution >= 0.6 is 0 Å². The highest BCUT2D eigenvalue weighted by Gasteiger charge is 2.43. The van der Waals surface area contributed by atoms with Crippen molar-refractivity contribution in [1.29, 1.82) is 0 Å². The summed E-state index contributed by atoms with van der Waals surface area (Å²) in [5, 5.41) is 3.07. The van der Waals surface area contributed by atoms with Gasteiger partial charge in [-0.3, -0.25) is 29.0 Å². The van der Waals surface area contributed by atoms with Gasteiger partial charge in [-0.2, -0.15) is 0 Å². The largest absolute Gasteiger partial charge is 0.497 e. The lowest BCUT2D eigenvalue weighted by atomic mass is 9.80. The molecule has 9 aromatic carbocycles. The lowest BCUT2D eigenvalue weighted by Gasteiger charge is -2.35. The van der Waals surface area contributed by atoms with E-state index in [0.29, 0.717) is 102 Å². The maximum absolute atomic E-state index is 15.6. The first kappa shape index (κ1) is 54.9. The van der Waals surface area contributed by atoms with Gasteiger partial charge in [0.25, 0.3) is 23.6 Å². The minimum atomic E-state index is -0.494. The van der Waals surface area contributed by atoms with Crippen molar-refractivity contribution in [3.05, 3.63) is 144 Å². The van der Waals surface area contributed by atoms with Gasteiger partial charge in [0.1, 0.15) is 69.0 Å². The third-order valence-corrected chi connectivity index (χ3v) is 15.9. The summed E-state index contributed by atoms with van der Waals surface area (Å²) in [6.45, 7) is 8.11. The first-order valence-corrected chi connectivity index (χ1v) is 28.3. The van der Waals surface area contributed by atoms with Gasteiger partial charge in [0.15, 0.2) is 0 Å². The maximum atomic E-state index is 15.6. The summed E-state index contributed by atoms with van der Waals surface area (Å²) in [7, 11) is 6.26. The van der Waals surface area contributed by atoms with Crippen molar-refractivity contribution in [2.45, 2.75) is 104 Å². The van der Waals surface area contributed by atoms with E-state index in [1.54, 1.807) is 150 Å². The van der Waals surface area contributed by atoms with Gasteiger partial charge in [-0.05, 0) is 99.5 Å². The molecule has 14 nitrogen and oxygen atoms in total. The normalized spacial score (nSPS) is 13.8. The molecular formula is C68H66N2O12. The van der Waals surface area contributed by atoms with Crippen molar-refractivity contribution in [2.75, 3.05) is 28.4 Å². The van der Waals surface area contributed by atoms with Gasteiger partial charge in [0, 0.05) is 79.4 Å². The molecule has 4 amide bonds. The van der Waals surface area contributed by atoms with E-state index in [2.05, 4.69) is 13.8 Å². The highest BCUT2D eigenvalue weighted by atomic mass is 16.5. The van der Waals surface area contributed by atoms with E-state index in [4.69, 9.17) is 37.9 Å². The number of nitrogens with zero attached hydrogens (tertiary/aromatic N) is 2. The number of carbonyl (C=O) groups excluding carboxylic acids is 4. The predicted molar refractivity (Wildman–Crippen MR) is 317 cm³/mol. The number of unbranched alkanes of at least 4 members (excludes halogenated alkanes) is 6. The van der Waals surface area contributed by atoms with Crippen molar-refractivity contribution in [3.8, 4) is 69.0 Å². The summed E-state index contributed by atoms with van der Waals surface area (Å²) in [4.78, 5) is 65.2. The molecule has 82 heavy (non-hydrogen) atoms. The summed E-state index contributed by atoms with van der Waals surface area (Å²) >= 11 is 0. The zero-order valence-electron chi connectivity index (χ0n) is 47.6. The van der Waals surface area contributed by atoms with Crippen LogP contribution in [0, 0.1) is 0 Å². The minimum Gasteiger partial charge on any atom is -0.497 e. The van der Waals surface area contributed by atoms with Gasteiger partial charge >= 0.3 is 0 Å². The molecule has 0 bridgehead atoms. The molecule has 9 aromatic rings. The topological polar surface area (TPSA) is 149 Å². The van der Waals surface area contributed by atoms with E-state index in [-0.39, 0.29) is 45.3 Å². The summed E-state index contributed by atoms with van der Waals surface area (Å²) in [5.74, 6) is 2.37. The van der Waals surface area contributed by atoms with E-state index in [0.717, 1.165) is 51.4 Å². The SMILES string of the molecule is CCCCCC[C@@H](C)N1C(=O)c2cc(Oc3cccc(OC)c3)c3c4c(Oc5cccc(OC)c5)cc5c6c(cc(Oc7cccc(OC)c7)c(c7c(Oc8cccc(OC)c8)cc(c2c37)C1=O)c64)C(=O)N([C@H](C)CCCCCC)C5=O. The van der Waals surface area contributed by atoms with Gasteiger partial charge in [-0.15, -0.1) is 0 Å². The molecule has 0 radical (unpaired) electrons. The highest BCUT2D eigenvalue weighted by molar-refractivity contribution is 6.45. The fourth-order valence-electron chi connectivity index (χ4n) is 11.8. The molecule has 0 saturated carbocycles. The maximum Gasteiger partial charge on any atom is 0.261 e. The van der Waals surface area contributed by atoms with Crippen LogP contribution in [0.5, 0.6) is 69.0 Å². The number of fused-ring (bicyclic) bond motifs is 2. The molecule has 0 unspecified atom stereocenters. The van der Waals surface area contributed by atoms with Gasteiger partial charge in [0.05, 0.1) is 50.7 Å². The van der Waals surface area contributed by atoms with Crippen LogP contribution in [0.3, 0.4) is 0 Å². The van der Waals surface area contributed by atoms with Crippen molar-refractivity contribution in [3.63, 3.8) is 0 Å². The van der Waals surface area contributed by atoms with Crippen LogP contribution in [0.25, 0.3) is 43.1 Å². The number of ether oxygens (including phenoxy) is 8. The van der Waals surface area contributed by atoms with E-state index in [9.17, 15) is 0 Å². The Morgan fingerprint density at radius 3 is 0.829 bits per heavy atom. The number of hydrogen-bond donors (Lipinski definition) is 0. The molecule has 2 aliphatic rings. The van der Waals surface area contributed by atoms with Crippen molar-refractivity contribution in [2.24, 2.45) is 0 Å². The number of imide groups is 2. The fraction of sp³-hybridized carbons (Fsp3) is 0.294. The quantitative estimate of drug-likeness (QED) is 0.0245. The molecule has 0 aromatic heterocycles. The third-order valence-electron chi connectivity index (χ3n) is 15.9. The second-order valence-corrected chi connectivity index (χ2v) is 21.2. The second-order valence-electron chi connectivity index (χ2n) is 21.2. The number of benzene rings is 9. The Morgan fingerprint density at radius 2 is 0.585 bits per heavy atom. The zero-order chi connectivity index (χ0) is 57.3. The molecule has 2 aliphatic heterocycles. The van der Waals surface area contributed by atoms with Crippen molar-refractivity contribution >= 4 is 66.7 Å². The minimum absolute atomic E-state index is 0.202. The van der Waals surface area contributed by atoms with Gasteiger partial charge in [0.2, 0.25) is 0 Å². The lowest BCUT2D eigenvalue weighted by Crippen LogP contribution is -2.46. The molecule has 11 rings (SSSR count). The smallest absolute Gasteiger partial charge is 0.261 e. The first-order valence-electron chi connectivity index (χ1n) is 28.3. The fourth-order valence-corrected chi connectivity index (χ4v) is 11.8. The molecular weight excluding hydrogens is 1040 g/mol. The van der Waals surface area contributed by atoms with E-state index < -0.39 is 35.7 Å². The number of rotatable bonds is 24. The van der Waals surface area contributed by atoms with Crippen LogP contribution in [0.15, 0.2) is 121 Å². The third kappa shape index (κ3) is 9.94. The number of hydrogen-bond acceptors (Lipinski definition) is 12. The molecule has 0 saturated heterocycles. The Balaban J connectivity index is 1.34. The average molecular weight is 1100 g/mol. The molecule has 2 atom stereocenters. The summed E-state index contributed by atoms with van der Waals surface area (Å²) in [6.07, 6.45) is 8.85. The van der Waals surface area contributed by atoms with Crippen molar-refractivity contribution in [1.82, 2.24) is 9.80 Å². The summed E-state index contributed by atoms with van der Waals surface area (Å²) in [5.41, 5.74) is 0.868. The summed E-state index contributed by atoms with van der Waals surface area (Å²) < 4.78 is 51.3. The lowest BCUT2D eigenvalue weighted by molar-refractivity contribution is 0.0526. The van der Waals surface area contributed by atoms with E-state index in [1.807, 2.05) is 13.8 Å². The van der Waals surface area contributed by atoms with Crippen LogP contribution in [0.4, 0.5) is 0 Å². The molecule has 420 valence electrons. The second kappa shape index (κ2) is 23.2. The Bertz CT molecular complexity index is 3480. The predicted octanol–water partition coefficient (Wildman–Crippen LogP) is 16.9. The molecule has 2 heterocycles. The number of methoxy groups -OCH3 is 4. The standard InChI is InChI=1S/C68H66N2O12/c1-9-11-13-15-21-39(3)69-65(71)49-35-53(79-45-27-17-23-41(31-45)75-5)59-61-55(81-47-29-19-25-43(33-47)77-7)37-51-58-52(68(74)70(67(51)73)40(4)22-16-14-12-10-2)38-56(82-48-30-20-26-44(34-48)78-8)62(64(58)61)60-54(36-50(66(69)72)57(49)63(59)60)80-46-28-18-24-42(32-46)76-6/h17-20,23-40H,9-16,21-22H2,1-8H3/t39-,40-/m1/s1. The van der Waals surface area contributed by atoms with Crippen LogP contribution in [-0.4, -0.2) is 74.0 Å². The molecule has 0 N–H and O–H groups in total. The molecule has 0 aliphatic carbocycles. The Hall–Kier alpha value is -9.04. The van der Waals surface area contributed by atoms with Crippen molar-refractivity contribution < 1.29 is 57.1 Å². The average Bonchev–Trinajstić information content (AvgIpc) is 0.733. The van der Waals surface area contributed by atoms with Crippen LogP contribution < -0.4 is 37.9 Å². The molecule has 0 spiro atoms. The van der Waals surface area contributed by atoms with Gasteiger partial charge in [-0.25, -0.2) is 0 Å². The highest BCUT2D eigenvalue weighted by Crippen LogP contribution is 2.58.